The highest BCUT2D eigenvalue weighted by atomic mass is 35.5. The lowest BCUT2D eigenvalue weighted by Gasteiger charge is -2.30. The van der Waals surface area contributed by atoms with Crippen LogP contribution in [0, 0.1) is 5.92 Å². The number of hydrogen-bond donors (Lipinski definition) is 0. The van der Waals surface area contributed by atoms with Crippen LogP contribution in [0.25, 0.3) is 11.0 Å². The number of hydrogen-bond acceptors (Lipinski definition) is 4. The molecule has 138 valence electrons. The number of halogens is 4. The predicted molar refractivity (Wildman–Crippen MR) is 86.7 cm³/mol. The highest BCUT2D eigenvalue weighted by molar-refractivity contribution is 7.88. The Labute approximate surface area is 147 Å². The summed E-state index contributed by atoms with van der Waals surface area (Å²) < 4.78 is 65.7. The maximum atomic E-state index is 13.3. The summed E-state index contributed by atoms with van der Waals surface area (Å²) in [5.74, 6) is 0.0587. The van der Waals surface area contributed by atoms with E-state index in [0.717, 1.165) is 18.8 Å². The molecule has 1 aliphatic heterocycles. The quantitative estimate of drug-likeness (QED) is 0.748. The van der Waals surface area contributed by atoms with E-state index >= 15 is 0 Å². The molecule has 0 saturated carbocycles. The standard InChI is InChI=1S/C14H16ClF3N4O2S/c1-25(23,24)22-4-2-9(3-5-22)6-21-7-10(14(16,17)18)11-12(15)19-8-20-13(11)21/h7-9H,2-6H2,1H3. The Balaban J connectivity index is 1.87. The lowest BCUT2D eigenvalue weighted by atomic mass is 9.98. The first-order valence-corrected chi connectivity index (χ1v) is 9.81. The van der Waals surface area contributed by atoms with E-state index in [1.807, 2.05) is 0 Å². The van der Waals surface area contributed by atoms with Crippen LogP contribution in [0.4, 0.5) is 13.2 Å². The van der Waals surface area contributed by atoms with Gasteiger partial charge in [-0.15, -0.1) is 0 Å². The molecule has 0 aliphatic carbocycles. The van der Waals surface area contributed by atoms with Gasteiger partial charge in [-0.2, -0.15) is 13.2 Å². The van der Waals surface area contributed by atoms with Crippen molar-refractivity contribution < 1.29 is 21.6 Å². The molecule has 3 heterocycles. The number of piperidine rings is 1. The van der Waals surface area contributed by atoms with Gasteiger partial charge in [0, 0.05) is 25.8 Å². The van der Waals surface area contributed by atoms with Gasteiger partial charge >= 0.3 is 6.18 Å². The number of sulfonamides is 1. The molecule has 1 fully saturated rings. The lowest BCUT2D eigenvalue weighted by Crippen LogP contribution is -2.38. The van der Waals surface area contributed by atoms with Crippen LogP contribution in [0.1, 0.15) is 18.4 Å². The summed E-state index contributed by atoms with van der Waals surface area (Å²) in [4.78, 5) is 7.60. The monoisotopic (exact) mass is 396 g/mol. The summed E-state index contributed by atoms with van der Waals surface area (Å²) in [5.41, 5.74) is -0.723. The minimum absolute atomic E-state index is 0.0587. The molecule has 0 atom stereocenters. The van der Waals surface area contributed by atoms with Crippen LogP contribution >= 0.6 is 11.6 Å². The first kappa shape index (κ1) is 18.4. The number of rotatable bonds is 3. The highest BCUT2D eigenvalue weighted by Gasteiger charge is 2.36. The Bertz CT molecular complexity index is 889. The van der Waals surface area contributed by atoms with Crippen molar-refractivity contribution in [1.82, 2.24) is 18.8 Å². The summed E-state index contributed by atoms with van der Waals surface area (Å²) in [7, 11) is -3.24. The van der Waals surface area contributed by atoms with E-state index in [9.17, 15) is 21.6 Å². The summed E-state index contributed by atoms with van der Waals surface area (Å²) in [6.07, 6.45) is -0.111. The average Bonchev–Trinajstić information content (AvgIpc) is 2.87. The molecular formula is C14H16ClF3N4O2S. The van der Waals surface area contributed by atoms with Crippen molar-refractivity contribution in [3.8, 4) is 0 Å². The third-order valence-electron chi connectivity index (χ3n) is 4.41. The van der Waals surface area contributed by atoms with E-state index in [1.165, 1.54) is 8.87 Å². The van der Waals surface area contributed by atoms with Crippen LogP contribution < -0.4 is 0 Å². The molecule has 0 amide bonds. The van der Waals surface area contributed by atoms with Gasteiger partial charge in [-0.1, -0.05) is 11.6 Å². The fraction of sp³-hybridized carbons (Fsp3) is 0.571. The summed E-state index contributed by atoms with van der Waals surface area (Å²) >= 11 is 5.86. The van der Waals surface area contributed by atoms with Crippen LogP contribution in [0.2, 0.25) is 5.15 Å². The Morgan fingerprint density at radius 3 is 2.48 bits per heavy atom. The molecule has 6 nitrogen and oxygen atoms in total. The van der Waals surface area contributed by atoms with Crippen molar-refractivity contribution in [3.05, 3.63) is 23.2 Å². The summed E-state index contributed by atoms with van der Waals surface area (Å²) in [5, 5.41) is -0.437. The highest BCUT2D eigenvalue weighted by Crippen LogP contribution is 2.38. The van der Waals surface area contributed by atoms with E-state index in [0.29, 0.717) is 32.5 Å². The van der Waals surface area contributed by atoms with Crippen molar-refractivity contribution in [2.45, 2.75) is 25.6 Å². The number of alkyl halides is 3. The molecule has 11 heteroatoms. The normalized spacial score (nSPS) is 18.1. The smallest absolute Gasteiger partial charge is 0.331 e. The lowest BCUT2D eigenvalue weighted by molar-refractivity contribution is -0.136. The van der Waals surface area contributed by atoms with Crippen molar-refractivity contribution in [2.75, 3.05) is 19.3 Å². The van der Waals surface area contributed by atoms with E-state index in [1.54, 1.807) is 0 Å². The molecule has 25 heavy (non-hydrogen) atoms. The molecule has 0 spiro atoms. The topological polar surface area (TPSA) is 68.1 Å². The fourth-order valence-corrected chi connectivity index (χ4v) is 4.25. The van der Waals surface area contributed by atoms with Crippen LogP contribution in [0.5, 0.6) is 0 Å². The third-order valence-corrected chi connectivity index (χ3v) is 6.00. The zero-order valence-electron chi connectivity index (χ0n) is 13.3. The Hall–Kier alpha value is -1.39. The van der Waals surface area contributed by atoms with Crippen molar-refractivity contribution in [2.24, 2.45) is 5.92 Å². The minimum atomic E-state index is -4.56. The molecule has 1 saturated heterocycles. The fourth-order valence-electron chi connectivity index (χ4n) is 3.14. The minimum Gasteiger partial charge on any atom is -0.331 e. The molecular weight excluding hydrogens is 381 g/mol. The van der Waals surface area contributed by atoms with Crippen LogP contribution in [-0.4, -0.2) is 46.6 Å². The van der Waals surface area contributed by atoms with Gasteiger partial charge < -0.3 is 4.57 Å². The molecule has 0 N–H and O–H groups in total. The van der Waals surface area contributed by atoms with Gasteiger partial charge in [-0.3, -0.25) is 0 Å². The van der Waals surface area contributed by atoms with Crippen LogP contribution in [0.3, 0.4) is 0 Å². The number of nitrogens with zero attached hydrogens (tertiary/aromatic N) is 4. The van der Waals surface area contributed by atoms with E-state index in [4.69, 9.17) is 11.6 Å². The Kier molecular flexibility index (Phi) is 4.71. The SMILES string of the molecule is CS(=O)(=O)N1CCC(Cn2cc(C(F)(F)F)c3c(Cl)ncnc32)CC1. The van der Waals surface area contributed by atoms with Crippen LogP contribution in [-0.2, 0) is 22.7 Å². The van der Waals surface area contributed by atoms with E-state index in [-0.39, 0.29) is 22.1 Å². The molecule has 1 aliphatic rings. The van der Waals surface area contributed by atoms with Gasteiger partial charge in [0.05, 0.1) is 17.2 Å². The van der Waals surface area contributed by atoms with Crippen molar-refractivity contribution >= 4 is 32.7 Å². The van der Waals surface area contributed by atoms with E-state index < -0.39 is 21.8 Å². The zero-order valence-corrected chi connectivity index (χ0v) is 14.9. The maximum absolute atomic E-state index is 13.3. The summed E-state index contributed by atoms with van der Waals surface area (Å²) in [6.45, 7) is 1.05. The Morgan fingerprint density at radius 1 is 1.28 bits per heavy atom. The Morgan fingerprint density at radius 2 is 1.92 bits per heavy atom. The molecule has 3 rings (SSSR count). The maximum Gasteiger partial charge on any atom is 0.418 e. The second kappa shape index (κ2) is 6.40. The molecule has 2 aromatic rings. The van der Waals surface area contributed by atoms with Crippen molar-refractivity contribution in [1.29, 1.82) is 0 Å². The first-order chi connectivity index (χ1) is 11.6. The molecule has 0 aromatic carbocycles. The van der Waals surface area contributed by atoms with Gasteiger partial charge in [0.2, 0.25) is 10.0 Å². The predicted octanol–water partition coefficient (Wildman–Crippen LogP) is 2.78. The zero-order chi connectivity index (χ0) is 18.4. The van der Waals surface area contributed by atoms with Crippen LogP contribution in [0.15, 0.2) is 12.5 Å². The van der Waals surface area contributed by atoms with Gasteiger partial charge in [-0.25, -0.2) is 22.7 Å². The number of fused-ring (bicyclic) bond motifs is 1. The summed E-state index contributed by atoms with van der Waals surface area (Å²) in [6, 6.07) is 0. The second-order valence-electron chi connectivity index (χ2n) is 6.16. The van der Waals surface area contributed by atoms with Gasteiger partial charge in [0.25, 0.3) is 0 Å². The largest absolute Gasteiger partial charge is 0.418 e. The molecule has 0 radical (unpaired) electrons. The average molecular weight is 397 g/mol. The van der Waals surface area contributed by atoms with Gasteiger partial charge in [-0.05, 0) is 18.8 Å². The molecule has 0 bridgehead atoms. The molecule has 0 unspecified atom stereocenters. The number of aromatic nitrogens is 3. The second-order valence-corrected chi connectivity index (χ2v) is 8.50. The van der Waals surface area contributed by atoms with E-state index in [2.05, 4.69) is 9.97 Å². The van der Waals surface area contributed by atoms with Gasteiger partial charge in [0.15, 0.2) is 0 Å². The molecule has 2 aromatic heterocycles. The first-order valence-electron chi connectivity index (χ1n) is 7.59. The van der Waals surface area contributed by atoms with Crippen molar-refractivity contribution in [3.63, 3.8) is 0 Å². The third kappa shape index (κ3) is 3.75. The van der Waals surface area contributed by atoms with Gasteiger partial charge in [0.1, 0.15) is 17.1 Å².